The number of rotatable bonds is 5. The molecule has 0 saturated carbocycles. The van der Waals surface area contributed by atoms with Crippen LogP contribution in [0.2, 0.25) is 5.02 Å². The van der Waals surface area contributed by atoms with E-state index < -0.39 is 0 Å². The number of amides is 1. The Balaban J connectivity index is 1.98. The van der Waals surface area contributed by atoms with Crippen LogP contribution in [0.15, 0.2) is 30.5 Å². The molecule has 2 aromatic rings. The molecule has 2 rings (SSSR count). The summed E-state index contributed by atoms with van der Waals surface area (Å²) in [6.45, 7) is 5.96. The molecule has 0 aliphatic rings. The monoisotopic (exact) mass is 307 g/mol. The summed E-state index contributed by atoms with van der Waals surface area (Å²) in [6, 6.07) is 7.16. The lowest BCUT2D eigenvalue weighted by molar-refractivity contribution is 0.0936. The highest BCUT2D eigenvalue weighted by Crippen LogP contribution is 2.21. The Hall–Kier alpha value is -2.01. The zero-order valence-electron chi connectivity index (χ0n) is 12.3. The van der Waals surface area contributed by atoms with Crippen LogP contribution in [0.1, 0.15) is 29.9 Å². The maximum atomic E-state index is 11.8. The highest BCUT2D eigenvalue weighted by Gasteiger charge is 2.10. The SMILES string of the molecule is Cc1cc(Cl)ccc1OCn1ccc(C(=O)NC(C)C)n1. The molecule has 21 heavy (non-hydrogen) atoms. The second kappa shape index (κ2) is 6.63. The maximum Gasteiger partial charge on any atom is 0.271 e. The zero-order valence-corrected chi connectivity index (χ0v) is 13.0. The molecule has 1 N–H and O–H groups in total. The smallest absolute Gasteiger partial charge is 0.271 e. The first-order valence-electron chi connectivity index (χ1n) is 6.69. The largest absolute Gasteiger partial charge is 0.471 e. The first kappa shape index (κ1) is 15.4. The molecular weight excluding hydrogens is 290 g/mol. The summed E-state index contributed by atoms with van der Waals surface area (Å²) in [5.41, 5.74) is 1.33. The molecule has 1 aromatic carbocycles. The summed E-state index contributed by atoms with van der Waals surface area (Å²) in [7, 11) is 0. The molecule has 5 nitrogen and oxygen atoms in total. The number of carbonyl (C=O) groups is 1. The molecule has 0 atom stereocenters. The van der Waals surface area contributed by atoms with E-state index in [0.29, 0.717) is 10.7 Å². The van der Waals surface area contributed by atoms with Gasteiger partial charge in [-0.2, -0.15) is 5.10 Å². The van der Waals surface area contributed by atoms with Gasteiger partial charge in [0, 0.05) is 17.3 Å². The van der Waals surface area contributed by atoms with Crippen molar-refractivity contribution in [2.45, 2.75) is 33.5 Å². The number of aromatic nitrogens is 2. The summed E-state index contributed by atoms with van der Waals surface area (Å²) in [6.07, 6.45) is 1.71. The number of ether oxygens (including phenoxy) is 1. The Bertz CT molecular complexity index is 638. The quantitative estimate of drug-likeness (QED) is 0.924. The Morgan fingerprint density at radius 3 is 2.86 bits per heavy atom. The summed E-state index contributed by atoms with van der Waals surface area (Å²) in [5.74, 6) is 0.550. The zero-order chi connectivity index (χ0) is 15.4. The van der Waals surface area contributed by atoms with Crippen LogP contribution in [-0.2, 0) is 6.73 Å². The van der Waals surface area contributed by atoms with Crippen LogP contribution < -0.4 is 10.1 Å². The minimum absolute atomic E-state index is 0.0793. The molecule has 6 heteroatoms. The van der Waals surface area contributed by atoms with E-state index in [2.05, 4.69) is 10.4 Å². The molecule has 0 radical (unpaired) electrons. The van der Waals surface area contributed by atoms with E-state index in [-0.39, 0.29) is 18.7 Å². The molecule has 1 amide bonds. The standard InChI is InChI=1S/C15H18ClN3O2/c1-10(2)17-15(20)13-6-7-19(18-13)9-21-14-5-4-12(16)8-11(14)3/h4-8,10H,9H2,1-3H3,(H,17,20). The van der Waals surface area contributed by atoms with Crippen LogP contribution in [0, 0.1) is 6.92 Å². The fourth-order valence-electron chi connectivity index (χ4n) is 1.80. The number of hydrogen-bond donors (Lipinski definition) is 1. The average Bonchev–Trinajstić information content (AvgIpc) is 2.86. The van der Waals surface area contributed by atoms with Gasteiger partial charge < -0.3 is 10.1 Å². The van der Waals surface area contributed by atoms with Crippen molar-refractivity contribution in [3.05, 3.63) is 46.7 Å². The van der Waals surface area contributed by atoms with Crippen LogP contribution in [0.5, 0.6) is 5.75 Å². The van der Waals surface area contributed by atoms with Crippen LogP contribution in [0.3, 0.4) is 0 Å². The lowest BCUT2D eigenvalue weighted by atomic mass is 10.2. The molecule has 0 saturated heterocycles. The minimum Gasteiger partial charge on any atom is -0.471 e. The third-order valence-electron chi connectivity index (χ3n) is 2.78. The van der Waals surface area contributed by atoms with E-state index in [0.717, 1.165) is 11.3 Å². The van der Waals surface area contributed by atoms with Crippen molar-refractivity contribution in [2.24, 2.45) is 0 Å². The predicted molar refractivity (Wildman–Crippen MR) is 81.6 cm³/mol. The number of benzene rings is 1. The van der Waals surface area contributed by atoms with Crippen molar-refractivity contribution in [1.29, 1.82) is 0 Å². The van der Waals surface area contributed by atoms with E-state index in [1.54, 1.807) is 23.0 Å². The van der Waals surface area contributed by atoms with Crippen molar-refractivity contribution >= 4 is 17.5 Å². The number of carbonyl (C=O) groups excluding carboxylic acids is 1. The van der Waals surface area contributed by atoms with Gasteiger partial charge in [0.05, 0.1) is 0 Å². The minimum atomic E-state index is -0.188. The average molecular weight is 308 g/mol. The Labute approximate surface area is 128 Å². The van der Waals surface area contributed by atoms with E-state index in [1.807, 2.05) is 32.9 Å². The topological polar surface area (TPSA) is 56.1 Å². The van der Waals surface area contributed by atoms with Crippen molar-refractivity contribution < 1.29 is 9.53 Å². The van der Waals surface area contributed by atoms with Gasteiger partial charge in [0.15, 0.2) is 6.73 Å². The fraction of sp³-hybridized carbons (Fsp3) is 0.333. The molecule has 0 aliphatic heterocycles. The maximum absolute atomic E-state index is 11.8. The van der Waals surface area contributed by atoms with Crippen LogP contribution >= 0.6 is 11.6 Å². The van der Waals surface area contributed by atoms with Gasteiger partial charge in [0.2, 0.25) is 0 Å². The highest BCUT2D eigenvalue weighted by atomic mass is 35.5. The number of hydrogen-bond acceptors (Lipinski definition) is 3. The molecule has 1 heterocycles. The Morgan fingerprint density at radius 1 is 1.43 bits per heavy atom. The molecule has 0 fully saturated rings. The van der Waals surface area contributed by atoms with Crippen molar-refractivity contribution in [3.8, 4) is 5.75 Å². The van der Waals surface area contributed by atoms with Gasteiger partial charge in [-0.15, -0.1) is 0 Å². The molecule has 0 spiro atoms. The first-order valence-corrected chi connectivity index (χ1v) is 7.07. The van der Waals surface area contributed by atoms with Gasteiger partial charge in [-0.25, -0.2) is 4.68 Å². The second-order valence-electron chi connectivity index (χ2n) is 5.05. The molecule has 0 aliphatic carbocycles. The van der Waals surface area contributed by atoms with E-state index in [1.165, 1.54) is 0 Å². The summed E-state index contributed by atoms with van der Waals surface area (Å²) < 4.78 is 7.23. The van der Waals surface area contributed by atoms with Crippen LogP contribution in [0.4, 0.5) is 0 Å². The number of nitrogens with one attached hydrogen (secondary N) is 1. The number of halogens is 1. The van der Waals surface area contributed by atoms with Gasteiger partial charge >= 0.3 is 0 Å². The summed E-state index contributed by atoms with van der Waals surface area (Å²) in [4.78, 5) is 11.8. The molecule has 112 valence electrons. The number of aryl methyl sites for hydroxylation is 1. The fourth-order valence-corrected chi connectivity index (χ4v) is 2.03. The van der Waals surface area contributed by atoms with Gasteiger partial charge in [0.25, 0.3) is 5.91 Å². The lowest BCUT2D eigenvalue weighted by Crippen LogP contribution is -2.30. The van der Waals surface area contributed by atoms with Gasteiger partial charge in [-0.1, -0.05) is 11.6 Å². The molecule has 1 aromatic heterocycles. The normalized spacial score (nSPS) is 10.7. The van der Waals surface area contributed by atoms with Gasteiger partial charge in [-0.05, 0) is 50.6 Å². The second-order valence-corrected chi connectivity index (χ2v) is 5.49. The summed E-state index contributed by atoms with van der Waals surface area (Å²) in [5, 5.41) is 7.64. The van der Waals surface area contributed by atoms with Gasteiger partial charge in [0.1, 0.15) is 11.4 Å². The molecule has 0 unspecified atom stereocenters. The van der Waals surface area contributed by atoms with Crippen molar-refractivity contribution in [2.75, 3.05) is 0 Å². The van der Waals surface area contributed by atoms with Crippen molar-refractivity contribution in [1.82, 2.24) is 15.1 Å². The molecular formula is C15H18ClN3O2. The first-order chi connectivity index (χ1) is 9.95. The highest BCUT2D eigenvalue weighted by molar-refractivity contribution is 6.30. The lowest BCUT2D eigenvalue weighted by Gasteiger charge is -2.09. The van der Waals surface area contributed by atoms with E-state index in [9.17, 15) is 4.79 Å². The third kappa shape index (κ3) is 4.23. The predicted octanol–water partition coefficient (Wildman–Crippen LogP) is 3.02. The Kier molecular flexibility index (Phi) is 4.85. The van der Waals surface area contributed by atoms with E-state index in [4.69, 9.17) is 16.3 Å². The summed E-state index contributed by atoms with van der Waals surface area (Å²) >= 11 is 5.90. The van der Waals surface area contributed by atoms with E-state index >= 15 is 0 Å². The van der Waals surface area contributed by atoms with Gasteiger partial charge in [-0.3, -0.25) is 4.79 Å². The molecule has 0 bridgehead atoms. The van der Waals surface area contributed by atoms with Crippen LogP contribution in [-0.4, -0.2) is 21.7 Å². The van der Waals surface area contributed by atoms with Crippen LogP contribution in [0.25, 0.3) is 0 Å². The van der Waals surface area contributed by atoms with Crippen molar-refractivity contribution in [3.63, 3.8) is 0 Å². The number of nitrogens with zero attached hydrogens (tertiary/aromatic N) is 2. The third-order valence-corrected chi connectivity index (χ3v) is 3.02. The Morgan fingerprint density at radius 2 is 2.19 bits per heavy atom.